The van der Waals surface area contributed by atoms with Crippen LogP contribution >= 0.6 is 0 Å². The molecule has 1 aliphatic rings. The fourth-order valence-electron chi connectivity index (χ4n) is 8.02. The molecule has 402 valence electrons. The van der Waals surface area contributed by atoms with Crippen LogP contribution < -0.4 is 5.32 Å². The standard InChI is InChI=1S/C59H101NO10/c1-3-5-7-9-11-13-15-16-17-18-21-24-27-31-35-39-43-47-55(64)68-48-44-40-36-32-28-25-22-19-20-23-26-30-34-38-42-46-54(63)60-51(50-69-59-58(67)57(66)56(65)53(49-61)70-59)52(62)45-41-37-33-29-14-12-10-8-6-4-2/h6,8,11,13-14,16-17,19,22,25,28-29,41,45,51-53,56-59,61-62,65-67H,3-5,7,9-10,12,15,18,20-21,23-24,26-27,30-40,42-44,46-50H2,1-2H3,(H,60,63)/b8-6+,13-11-,17-16-,22-19-,28-25-,29-14+,45-41+. The van der Waals surface area contributed by atoms with Gasteiger partial charge in [0.25, 0.3) is 0 Å². The maximum absolute atomic E-state index is 13.0. The second-order valence-electron chi connectivity index (χ2n) is 18.9. The van der Waals surface area contributed by atoms with E-state index >= 15 is 0 Å². The quantitative estimate of drug-likeness (QED) is 0.0149. The molecule has 0 aromatic heterocycles. The Hall–Kier alpha value is -3.16. The molecule has 1 heterocycles. The van der Waals surface area contributed by atoms with Gasteiger partial charge in [0.05, 0.1) is 32.0 Å². The van der Waals surface area contributed by atoms with Crippen LogP contribution in [0.3, 0.4) is 0 Å². The van der Waals surface area contributed by atoms with Crippen LogP contribution in [-0.2, 0) is 23.8 Å². The molecule has 1 fully saturated rings. The number of rotatable bonds is 46. The number of ether oxygens (including phenoxy) is 3. The van der Waals surface area contributed by atoms with Gasteiger partial charge in [0.15, 0.2) is 6.29 Å². The summed E-state index contributed by atoms with van der Waals surface area (Å²) < 4.78 is 16.6. The maximum atomic E-state index is 13.0. The van der Waals surface area contributed by atoms with Crippen LogP contribution in [0.4, 0.5) is 0 Å². The molecule has 11 heteroatoms. The molecule has 1 saturated heterocycles. The number of allylic oxidation sites excluding steroid dienone is 13. The Bertz CT molecular complexity index is 1440. The average Bonchev–Trinajstić information content (AvgIpc) is 3.36. The van der Waals surface area contributed by atoms with E-state index in [-0.39, 0.29) is 18.5 Å². The van der Waals surface area contributed by atoms with E-state index in [9.17, 15) is 35.1 Å². The van der Waals surface area contributed by atoms with Gasteiger partial charge in [-0.2, -0.15) is 0 Å². The van der Waals surface area contributed by atoms with Crippen LogP contribution in [0, 0.1) is 0 Å². The summed E-state index contributed by atoms with van der Waals surface area (Å²) in [5.41, 5.74) is 0. The number of esters is 1. The molecule has 0 aliphatic carbocycles. The van der Waals surface area contributed by atoms with Gasteiger partial charge >= 0.3 is 5.97 Å². The molecule has 1 rings (SSSR count). The predicted molar refractivity (Wildman–Crippen MR) is 287 cm³/mol. The predicted octanol–water partition coefficient (Wildman–Crippen LogP) is 12.2. The van der Waals surface area contributed by atoms with Crippen molar-refractivity contribution in [1.29, 1.82) is 0 Å². The van der Waals surface area contributed by atoms with Gasteiger partial charge in [-0.3, -0.25) is 9.59 Å². The Morgan fingerprint density at radius 3 is 1.64 bits per heavy atom. The lowest BCUT2D eigenvalue weighted by Crippen LogP contribution is -2.60. The molecule has 11 nitrogen and oxygen atoms in total. The van der Waals surface area contributed by atoms with Gasteiger partial charge in [-0.1, -0.05) is 170 Å². The Kier molecular flexibility index (Phi) is 44.6. The molecule has 0 aromatic carbocycles. The van der Waals surface area contributed by atoms with Crippen molar-refractivity contribution in [3.05, 3.63) is 85.1 Å². The van der Waals surface area contributed by atoms with Crippen LogP contribution in [0.1, 0.15) is 213 Å². The van der Waals surface area contributed by atoms with Crippen molar-refractivity contribution >= 4 is 11.9 Å². The van der Waals surface area contributed by atoms with Crippen molar-refractivity contribution in [3.8, 4) is 0 Å². The van der Waals surface area contributed by atoms with Gasteiger partial charge in [-0.15, -0.1) is 0 Å². The zero-order valence-corrected chi connectivity index (χ0v) is 43.9. The van der Waals surface area contributed by atoms with Gasteiger partial charge in [-0.25, -0.2) is 0 Å². The minimum Gasteiger partial charge on any atom is -0.466 e. The largest absolute Gasteiger partial charge is 0.466 e. The number of nitrogens with one attached hydrogen (secondary N) is 1. The van der Waals surface area contributed by atoms with Gasteiger partial charge in [0.1, 0.15) is 24.4 Å². The Labute approximate surface area is 425 Å². The van der Waals surface area contributed by atoms with Crippen LogP contribution in [0.5, 0.6) is 0 Å². The summed E-state index contributed by atoms with van der Waals surface area (Å²) in [7, 11) is 0. The highest BCUT2D eigenvalue weighted by Gasteiger charge is 2.44. The molecule has 0 radical (unpaired) electrons. The minimum atomic E-state index is -1.59. The van der Waals surface area contributed by atoms with Crippen molar-refractivity contribution in [1.82, 2.24) is 5.32 Å². The van der Waals surface area contributed by atoms with Crippen molar-refractivity contribution in [2.75, 3.05) is 19.8 Å². The highest BCUT2D eigenvalue weighted by atomic mass is 16.7. The van der Waals surface area contributed by atoms with E-state index in [1.54, 1.807) is 6.08 Å². The summed E-state index contributed by atoms with van der Waals surface area (Å²) in [6, 6.07) is -0.853. The summed E-state index contributed by atoms with van der Waals surface area (Å²) in [5.74, 6) is -0.276. The summed E-state index contributed by atoms with van der Waals surface area (Å²) >= 11 is 0. The second kappa shape index (κ2) is 48.1. The molecular weight excluding hydrogens is 883 g/mol. The molecule has 7 atom stereocenters. The number of hydrogen-bond acceptors (Lipinski definition) is 10. The van der Waals surface area contributed by atoms with Crippen LogP contribution in [0.15, 0.2) is 85.1 Å². The second-order valence-corrected chi connectivity index (χ2v) is 18.9. The first-order chi connectivity index (χ1) is 34.2. The molecule has 0 saturated carbocycles. The molecule has 70 heavy (non-hydrogen) atoms. The topological polar surface area (TPSA) is 175 Å². The van der Waals surface area contributed by atoms with Crippen LogP contribution in [0.2, 0.25) is 0 Å². The first-order valence-corrected chi connectivity index (χ1v) is 27.9. The van der Waals surface area contributed by atoms with E-state index < -0.39 is 49.5 Å². The molecule has 1 amide bonds. The van der Waals surface area contributed by atoms with E-state index in [1.807, 2.05) is 6.08 Å². The van der Waals surface area contributed by atoms with Gasteiger partial charge in [0.2, 0.25) is 5.91 Å². The van der Waals surface area contributed by atoms with Gasteiger partial charge in [0, 0.05) is 12.8 Å². The number of amides is 1. The molecule has 0 aromatic rings. The highest BCUT2D eigenvalue weighted by Crippen LogP contribution is 2.22. The lowest BCUT2D eigenvalue weighted by molar-refractivity contribution is -0.302. The number of carbonyl (C=O) groups is 2. The van der Waals surface area contributed by atoms with Crippen molar-refractivity contribution in [3.63, 3.8) is 0 Å². The molecule has 1 aliphatic heterocycles. The Balaban J connectivity index is 2.13. The highest BCUT2D eigenvalue weighted by molar-refractivity contribution is 5.76. The van der Waals surface area contributed by atoms with E-state index in [4.69, 9.17) is 14.2 Å². The number of aliphatic hydroxyl groups is 5. The fraction of sp³-hybridized carbons (Fsp3) is 0.729. The van der Waals surface area contributed by atoms with Crippen LogP contribution in [-0.4, -0.2) is 100 Å². The monoisotopic (exact) mass is 984 g/mol. The number of aliphatic hydroxyl groups excluding tert-OH is 5. The molecule has 6 N–H and O–H groups in total. The summed E-state index contributed by atoms with van der Waals surface area (Å²) in [6.45, 7) is 4.07. The smallest absolute Gasteiger partial charge is 0.305 e. The number of hydrogen-bond donors (Lipinski definition) is 6. The average molecular weight is 984 g/mol. The summed E-state index contributed by atoms with van der Waals surface area (Å²) in [6.07, 6.45) is 54.0. The van der Waals surface area contributed by atoms with Crippen molar-refractivity contribution in [2.45, 2.75) is 256 Å². The van der Waals surface area contributed by atoms with Crippen molar-refractivity contribution < 1.29 is 49.3 Å². The van der Waals surface area contributed by atoms with E-state index in [1.165, 1.54) is 64.2 Å². The number of carbonyl (C=O) groups excluding carboxylic acids is 2. The zero-order chi connectivity index (χ0) is 51.0. The molecular formula is C59H101NO10. The third-order valence-electron chi connectivity index (χ3n) is 12.5. The van der Waals surface area contributed by atoms with E-state index in [2.05, 4.69) is 92.1 Å². The minimum absolute atomic E-state index is 0.0519. The van der Waals surface area contributed by atoms with Gasteiger partial charge < -0.3 is 45.1 Å². The molecule has 0 spiro atoms. The molecule has 7 unspecified atom stereocenters. The number of unbranched alkanes of at least 4 members (excludes halogenated alkanes) is 21. The normalized spacial score (nSPS) is 19.9. The SMILES string of the molecule is CC/C=C/CC/C=C/CC/C=C/C(O)C(COC1OC(CO)C(O)C(O)C1O)NC(=O)CCCCCCCC/C=C\C=C/CCCCCOC(=O)CCCCCCCCC/C=C\C/C=C\CCCCC. The van der Waals surface area contributed by atoms with Gasteiger partial charge in [-0.05, 0) is 116 Å². The first-order valence-electron chi connectivity index (χ1n) is 27.9. The lowest BCUT2D eigenvalue weighted by Gasteiger charge is -2.40. The Morgan fingerprint density at radius 2 is 1.06 bits per heavy atom. The maximum Gasteiger partial charge on any atom is 0.305 e. The lowest BCUT2D eigenvalue weighted by atomic mass is 9.99. The van der Waals surface area contributed by atoms with E-state index in [0.29, 0.717) is 32.3 Å². The summed E-state index contributed by atoms with van der Waals surface area (Å²) in [5, 5.41) is 54.1. The first kappa shape index (κ1) is 64.9. The fourth-order valence-corrected chi connectivity index (χ4v) is 8.02. The zero-order valence-electron chi connectivity index (χ0n) is 43.9. The van der Waals surface area contributed by atoms with E-state index in [0.717, 1.165) is 109 Å². The third-order valence-corrected chi connectivity index (χ3v) is 12.5. The molecule has 0 bridgehead atoms. The van der Waals surface area contributed by atoms with Crippen molar-refractivity contribution in [2.24, 2.45) is 0 Å². The Morgan fingerprint density at radius 1 is 0.557 bits per heavy atom. The summed E-state index contributed by atoms with van der Waals surface area (Å²) in [4.78, 5) is 25.1. The third kappa shape index (κ3) is 37.6. The van der Waals surface area contributed by atoms with Crippen LogP contribution in [0.25, 0.3) is 0 Å².